The minimum atomic E-state index is -0.627. The molecule has 7 nitrogen and oxygen atoms in total. The summed E-state index contributed by atoms with van der Waals surface area (Å²) < 4.78 is 20.4. The molecule has 1 heterocycles. The molecule has 0 bridgehead atoms. The summed E-state index contributed by atoms with van der Waals surface area (Å²) >= 11 is 0. The van der Waals surface area contributed by atoms with Crippen molar-refractivity contribution >= 4 is 34.7 Å². The van der Waals surface area contributed by atoms with Gasteiger partial charge < -0.3 is 4.74 Å². The molecule has 0 aliphatic rings. The molecule has 1 aromatic heterocycles. The van der Waals surface area contributed by atoms with Gasteiger partial charge >= 0.3 is 6.09 Å². The highest BCUT2D eigenvalue weighted by atomic mass is 19.1. The molecule has 2 amide bonds. The molecule has 0 aliphatic carbocycles. The number of halogens is 1. The first-order valence-electron chi connectivity index (χ1n) is 10.8. The summed E-state index contributed by atoms with van der Waals surface area (Å²) in [5.74, 6) is -0.547. The SMILES string of the molecule is Cc1ccc2c(c1)nc(NC(=O)c1ccc(F)cc1)n2-c1cccc(NC(=O)OC(C)(C)C)c1. The molecule has 0 unspecified atom stereocenters. The third kappa shape index (κ3) is 5.23. The molecule has 0 radical (unpaired) electrons. The van der Waals surface area contributed by atoms with E-state index in [1.54, 1.807) is 43.5 Å². The summed E-state index contributed by atoms with van der Waals surface area (Å²) in [7, 11) is 0. The lowest BCUT2D eigenvalue weighted by Gasteiger charge is -2.20. The van der Waals surface area contributed by atoms with Crippen LogP contribution in [0.15, 0.2) is 66.7 Å². The highest BCUT2D eigenvalue weighted by Crippen LogP contribution is 2.27. The van der Waals surface area contributed by atoms with E-state index in [4.69, 9.17) is 4.74 Å². The van der Waals surface area contributed by atoms with Crippen molar-refractivity contribution in [2.24, 2.45) is 0 Å². The number of anilines is 2. The molecule has 174 valence electrons. The van der Waals surface area contributed by atoms with Crippen LogP contribution in [0.2, 0.25) is 0 Å². The van der Waals surface area contributed by atoms with Gasteiger partial charge in [-0.2, -0.15) is 0 Å². The van der Waals surface area contributed by atoms with Crippen molar-refractivity contribution in [3.8, 4) is 5.69 Å². The zero-order valence-corrected chi connectivity index (χ0v) is 19.3. The molecule has 0 saturated carbocycles. The fourth-order valence-corrected chi connectivity index (χ4v) is 3.45. The highest BCUT2D eigenvalue weighted by molar-refractivity contribution is 6.04. The molecule has 0 fully saturated rings. The fourth-order valence-electron chi connectivity index (χ4n) is 3.45. The van der Waals surface area contributed by atoms with E-state index in [1.807, 2.05) is 31.2 Å². The van der Waals surface area contributed by atoms with Crippen LogP contribution in [0.3, 0.4) is 0 Å². The minimum Gasteiger partial charge on any atom is -0.444 e. The summed E-state index contributed by atoms with van der Waals surface area (Å²) in [6.45, 7) is 7.33. The van der Waals surface area contributed by atoms with Crippen molar-refractivity contribution in [1.29, 1.82) is 0 Å². The van der Waals surface area contributed by atoms with Crippen LogP contribution >= 0.6 is 0 Å². The van der Waals surface area contributed by atoms with Crippen LogP contribution in [0.25, 0.3) is 16.7 Å². The van der Waals surface area contributed by atoms with Crippen molar-refractivity contribution < 1.29 is 18.7 Å². The second-order valence-corrected chi connectivity index (χ2v) is 8.90. The van der Waals surface area contributed by atoms with Crippen LogP contribution in [-0.4, -0.2) is 27.2 Å². The van der Waals surface area contributed by atoms with Crippen molar-refractivity contribution in [2.75, 3.05) is 10.6 Å². The van der Waals surface area contributed by atoms with Gasteiger partial charge in [-0.3, -0.25) is 20.0 Å². The van der Waals surface area contributed by atoms with Gasteiger partial charge in [-0.1, -0.05) is 12.1 Å². The Hall–Kier alpha value is -4.20. The molecule has 0 spiro atoms. The third-order valence-corrected chi connectivity index (χ3v) is 4.89. The van der Waals surface area contributed by atoms with E-state index >= 15 is 0 Å². The number of aromatic nitrogens is 2. The lowest BCUT2D eigenvalue weighted by molar-refractivity contribution is 0.0635. The molecule has 4 rings (SSSR count). The monoisotopic (exact) mass is 460 g/mol. The van der Waals surface area contributed by atoms with Crippen molar-refractivity contribution in [1.82, 2.24) is 9.55 Å². The average Bonchev–Trinajstić information content (AvgIpc) is 3.09. The number of fused-ring (bicyclic) bond motifs is 1. The first kappa shape index (κ1) is 23.0. The number of rotatable bonds is 4. The normalized spacial score (nSPS) is 11.3. The Balaban J connectivity index is 1.72. The molecule has 0 saturated heterocycles. The average molecular weight is 461 g/mol. The fraction of sp³-hybridized carbons (Fsp3) is 0.192. The Morgan fingerprint density at radius 3 is 2.41 bits per heavy atom. The van der Waals surface area contributed by atoms with Gasteiger partial charge in [0.05, 0.1) is 16.7 Å². The zero-order valence-electron chi connectivity index (χ0n) is 19.3. The van der Waals surface area contributed by atoms with E-state index in [0.29, 0.717) is 28.4 Å². The number of benzene rings is 3. The molecule has 0 aliphatic heterocycles. The number of carbonyl (C=O) groups excluding carboxylic acids is 2. The lowest BCUT2D eigenvalue weighted by atomic mass is 10.2. The summed E-state index contributed by atoms with van der Waals surface area (Å²) in [6, 6.07) is 18.2. The Kier molecular flexibility index (Phi) is 6.06. The van der Waals surface area contributed by atoms with Crippen LogP contribution < -0.4 is 10.6 Å². The number of hydrogen-bond acceptors (Lipinski definition) is 4. The number of ether oxygens (including phenoxy) is 1. The van der Waals surface area contributed by atoms with E-state index in [9.17, 15) is 14.0 Å². The quantitative estimate of drug-likeness (QED) is 0.387. The van der Waals surface area contributed by atoms with Crippen LogP contribution in [0.1, 0.15) is 36.7 Å². The number of hydrogen-bond donors (Lipinski definition) is 2. The van der Waals surface area contributed by atoms with Crippen LogP contribution in [-0.2, 0) is 4.74 Å². The maximum atomic E-state index is 13.3. The molecular formula is C26H25FN4O3. The summed E-state index contributed by atoms with van der Waals surface area (Å²) in [5.41, 5.74) is 3.36. The number of carbonyl (C=O) groups is 2. The van der Waals surface area contributed by atoms with Crippen LogP contribution in [0.5, 0.6) is 0 Å². The Morgan fingerprint density at radius 1 is 0.971 bits per heavy atom. The van der Waals surface area contributed by atoms with Gasteiger partial charge in [-0.15, -0.1) is 0 Å². The van der Waals surface area contributed by atoms with Gasteiger partial charge in [0, 0.05) is 11.3 Å². The largest absolute Gasteiger partial charge is 0.444 e. The number of aryl methyl sites for hydroxylation is 1. The second-order valence-electron chi connectivity index (χ2n) is 8.90. The summed E-state index contributed by atoms with van der Waals surface area (Å²) in [5, 5.41) is 5.56. The minimum absolute atomic E-state index is 0.296. The zero-order chi connectivity index (χ0) is 24.5. The van der Waals surface area contributed by atoms with Crippen LogP contribution in [0.4, 0.5) is 20.8 Å². The van der Waals surface area contributed by atoms with Gasteiger partial charge in [0.15, 0.2) is 0 Å². The van der Waals surface area contributed by atoms with Crippen molar-refractivity contribution in [3.63, 3.8) is 0 Å². The Bertz CT molecular complexity index is 1370. The van der Waals surface area contributed by atoms with Gasteiger partial charge in [0.25, 0.3) is 5.91 Å². The van der Waals surface area contributed by atoms with Gasteiger partial charge in [-0.25, -0.2) is 14.2 Å². The predicted octanol–water partition coefficient (Wildman–Crippen LogP) is 6.07. The van der Waals surface area contributed by atoms with Crippen LogP contribution in [0, 0.1) is 12.7 Å². The van der Waals surface area contributed by atoms with Crippen molar-refractivity contribution in [2.45, 2.75) is 33.3 Å². The van der Waals surface area contributed by atoms with E-state index in [1.165, 1.54) is 24.3 Å². The van der Waals surface area contributed by atoms with Gasteiger partial charge in [-0.05, 0) is 87.9 Å². The molecule has 8 heteroatoms. The summed E-state index contributed by atoms with van der Waals surface area (Å²) in [6.07, 6.45) is -0.569. The first-order valence-corrected chi connectivity index (χ1v) is 10.8. The molecule has 2 N–H and O–H groups in total. The van der Waals surface area contributed by atoms with E-state index in [0.717, 1.165) is 11.1 Å². The maximum absolute atomic E-state index is 13.3. The number of imidazole rings is 1. The molecule has 0 atom stereocenters. The molecule has 3 aromatic carbocycles. The Morgan fingerprint density at radius 2 is 1.71 bits per heavy atom. The highest BCUT2D eigenvalue weighted by Gasteiger charge is 2.18. The molecular weight excluding hydrogens is 435 g/mol. The van der Waals surface area contributed by atoms with Crippen molar-refractivity contribution in [3.05, 3.63) is 83.7 Å². The lowest BCUT2D eigenvalue weighted by Crippen LogP contribution is -2.27. The number of nitrogens with zero attached hydrogens (tertiary/aromatic N) is 2. The number of amides is 2. The summed E-state index contributed by atoms with van der Waals surface area (Å²) in [4.78, 5) is 29.7. The third-order valence-electron chi connectivity index (χ3n) is 4.89. The Labute approximate surface area is 196 Å². The first-order chi connectivity index (χ1) is 16.1. The molecule has 4 aromatic rings. The maximum Gasteiger partial charge on any atom is 0.412 e. The standard InChI is InChI=1S/C26H25FN4O3/c1-16-8-13-22-21(14-16)29-24(30-23(32)17-9-11-18(27)12-10-17)31(22)20-7-5-6-19(15-20)28-25(33)34-26(2,3)4/h5-15H,1-4H3,(H,28,33)(H,29,30,32). The molecule has 34 heavy (non-hydrogen) atoms. The second kappa shape index (κ2) is 8.97. The number of nitrogens with one attached hydrogen (secondary N) is 2. The topological polar surface area (TPSA) is 85.3 Å². The van der Waals surface area contributed by atoms with E-state index in [-0.39, 0.29) is 0 Å². The van der Waals surface area contributed by atoms with Gasteiger partial charge in [0.2, 0.25) is 5.95 Å². The van der Waals surface area contributed by atoms with E-state index in [2.05, 4.69) is 15.6 Å². The smallest absolute Gasteiger partial charge is 0.412 e. The van der Waals surface area contributed by atoms with Gasteiger partial charge in [0.1, 0.15) is 11.4 Å². The van der Waals surface area contributed by atoms with E-state index < -0.39 is 23.4 Å². The predicted molar refractivity (Wildman–Crippen MR) is 130 cm³/mol.